The van der Waals surface area contributed by atoms with Crippen LogP contribution >= 0.6 is 11.6 Å². The van der Waals surface area contributed by atoms with Gasteiger partial charge in [-0.15, -0.1) is 0 Å². The number of piperidine rings is 1. The third-order valence-electron chi connectivity index (χ3n) is 5.49. The van der Waals surface area contributed by atoms with E-state index in [-0.39, 0.29) is 35.0 Å². The summed E-state index contributed by atoms with van der Waals surface area (Å²) >= 11 is 5.73. The number of sulfonamides is 1. The molecule has 0 saturated carbocycles. The predicted octanol–water partition coefficient (Wildman–Crippen LogP) is 2.58. The SMILES string of the molecule is CCCN1CCCCC1C(=O)N1CCN(S(=O)(=O)c2ccc(F)c(Cl)c2)CC1. The number of nitrogens with zero attached hydrogens (tertiary/aromatic N) is 3. The standard InChI is InChI=1S/C19H27ClFN3O3S/c1-2-8-22-9-4-3-5-18(22)19(25)23-10-12-24(13-11-23)28(26,27)15-6-7-17(21)16(20)14-15/h6-7,14,18H,2-5,8-13H2,1H3. The molecule has 0 aliphatic carbocycles. The monoisotopic (exact) mass is 431 g/mol. The Morgan fingerprint density at radius 1 is 1.18 bits per heavy atom. The first-order valence-corrected chi connectivity index (χ1v) is 11.6. The number of carbonyl (C=O) groups is 1. The molecule has 1 aromatic carbocycles. The fourth-order valence-electron chi connectivity index (χ4n) is 3.97. The molecule has 1 amide bonds. The lowest BCUT2D eigenvalue weighted by atomic mass is 10.0. The van der Waals surface area contributed by atoms with Crippen molar-refractivity contribution in [2.24, 2.45) is 0 Å². The van der Waals surface area contributed by atoms with Gasteiger partial charge in [0.2, 0.25) is 15.9 Å². The summed E-state index contributed by atoms with van der Waals surface area (Å²) in [4.78, 5) is 17.0. The molecule has 0 bridgehead atoms. The lowest BCUT2D eigenvalue weighted by molar-refractivity contribution is -0.139. The summed E-state index contributed by atoms with van der Waals surface area (Å²) in [5.41, 5.74) is 0. The van der Waals surface area contributed by atoms with Gasteiger partial charge < -0.3 is 4.90 Å². The number of amides is 1. The summed E-state index contributed by atoms with van der Waals surface area (Å²) in [6, 6.07) is 3.32. The molecule has 6 nitrogen and oxygen atoms in total. The third-order valence-corrected chi connectivity index (χ3v) is 7.67. The highest BCUT2D eigenvalue weighted by Gasteiger charge is 2.35. The van der Waals surface area contributed by atoms with Crippen LogP contribution in [0.1, 0.15) is 32.6 Å². The Balaban J connectivity index is 1.64. The molecule has 2 saturated heterocycles. The van der Waals surface area contributed by atoms with Gasteiger partial charge in [-0.25, -0.2) is 12.8 Å². The first-order chi connectivity index (χ1) is 13.3. The van der Waals surface area contributed by atoms with E-state index in [1.165, 1.54) is 10.4 Å². The van der Waals surface area contributed by atoms with Crippen LogP contribution in [-0.2, 0) is 14.8 Å². The van der Waals surface area contributed by atoms with Crippen molar-refractivity contribution in [3.8, 4) is 0 Å². The second-order valence-electron chi connectivity index (χ2n) is 7.35. The molecule has 0 radical (unpaired) electrons. The molecule has 1 atom stereocenters. The highest BCUT2D eigenvalue weighted by atomic mass is 35.5. The number of likely N-dealkylation sites (tertiary alicyclic amines) is 1. The Labute approximate surface area is 171 Å². The summed E-state index contributed by atoms with van der Waals surface area (Å²) in [7, 11) is -3.76. The molecule has 2 fully saturated rings. The van der Waals surface area contributed by atoms with Gasteiger partial charge in [0.05, 0.1) is 16.0 Å². The highest BCUT2D eigenvalue weighted by Crippen LogP contribution is 2.24. The maximum Gasteiger partial charge on any atom is 0.243 e. The average Bonchev–Trinajstić information content (AvgIpc) is 2.70. The number of benzene rings is 1. The van der Waals surface area contributed by atoms with Crippen molar-refractivity contribution >= 4 is 27.5 Å². The number of rotatable bonds is 5. The van der Waals surface area contributed by atoms with Gasteiger partial charge in [-0.05, 0) is 50.6 Å². The van der Waals surface area contributed by atoms with E-state index >= 15 is 0 Å². The topological polar surface area (TPSA) is 60.9 Å². The molecule has 1 aromatic rings. The van der Waals surface area contributed by atoms with Crippen molar-refractivity contribution in [2.45, 2.75) is 43.5 Å². The van der Waals surface area contributed by atoms with Gasteiger partial charge in [-0.3, -0.25) is 9.69 Å². The quantitative estimate of drug-likeness (QED) is 0.718. The molecule has 28 heavy (non-hydrogen) atoms. The van der Waals surface area contributed by atoms with Crippen LogP contribution in [0, 0.1) is 5.82 Å². The minimum Gasteiger partial charge on any atom is -0.339 e. The smallest absolute Gasteiger partial charge is 0.243 e. The van der Waals surface area contributed by atoms with E-state index in [1.807, 2.05) is 0 Å². The minimum absolute atomic E-state index is 0.0277. The minimum atomic E-state index is -3.76. The molecule has 0 N–H and O–H groups in total. The molecule has 2 aliphatic heterocycles. The molecular formula is C19H27ClFN3O3S. The van der Waals surface area contributed by atoms with Crippen molar-refractivity contribution in [2.75, 3.05) is 39.3 Å². The van der Waals surface area contributed by atoms with Crippen LogP contribution in [0.5, 0.6) is 0 Å². The Hall–Kier alpha value is -1.22. The van der Waals surface area contributed by atoms with Crippen LogP contribution in [-0.4, -0.2) is 73.7 Å². The van der Waals surface area contributed by atoms with Crippen molar-refractivity contribution in [3.63, 3.8) is 0 Å². The zero-order valence-corrected chi connectivity index (χ0v) is 17.7. The molecule has 1 unspecified atom stereocenters. The molecule has 156 valence electrons. The molecule has 2 heterocycles. The Kier molecular flexibility index (Phi) is 6.96. The van der Waals surface area contributed by atoms with Crippen molar-refractivity contribution < 1.29 is 17.6 Å². The number of halogens is 2. The lowest BCUT2D eigenvalue weighted by Gasteiger charge is -2.40. The van der Waals surface area contributed by atoms with E-state index in [9.17, 15) is 17.6 Å². The summed E-state index contributed by atoms with van der Waals surface area (Å²) in [6.07, 6.45) is 4.05. The Morgan fingerprint density at radius 2 is 1.89 bits per heavy atom. The molecule has 3 rings (SSSR count). The second-order valence-corrected chi connectivity index (χ2v) is 9.70. The lowest BCUT2D eigenvalue weighted by Crippen LogP contribution is -2.56. The van der Waals surface area contributed by atoms with E-state index in [0.29, 0.717) is 13.1 Å². The number of hydrogen-bond donors (Lipinski definition) is 0. The van der Waals surface area contributed by atoms with Crippen LogP contribution in [0.3, 0.4) is 0 Å². The summed E-state index contributed by atoms with van der Waals surface area (Å²) < 4.78 is 40.3. The van der Waals surface area contributed by atoms with E-state index < -0.39 is 15.8 Å². The fraction of sp³-hybridized carbons (Fsp3) is 0.632. The van der Waals surface area contributed by atoms with Gasteiger partial charge in [-0.1, -0.05) is 24.9 Å². The summed E-state index contributed by atoms with van der Waals surface area (Å²) in [5, 5.41) is -0.219. The molecule has 0 spiro atoms. The van der Waals surface area contributed by atoms with Crippen LogP contribution in [0.15, 0.2) is 23.1 Å². The summed E-state index contributed by atoms with van der Waals surface area (Å²) in [6.45, 7) is 5.15. The maximum absolute atomic E-state index is 13.3. The highest BCUT2D eigenvalue weighted by molar-refractivity contribution is 7.89. The van der Waals surface area contributed by atoms with Crippen LogP contribution in [0.25, 0.3) is 0 Å². The summed E-state index contributed by atoms with van der Waals surface area (Å²) in [5.74, 6) is -0.546. The predicted molar refractivity (Wildman–Crippen MR) is 106 cm³/mol. The molecule has 9 heteroatoms. The van der Waals surface area contributed by atoms with Crippen molar-refractivity contribution in [3.05, 3.63) is 29.0 Å². The Morgan fingerprint density at radius 3 is 2.54 bits per heavy atom. The van der Waals surface area contributed by atoms with Gasteiger partial charge in [0.15, 0.2) is 0 Å². The van der Waals surface area contributed by atoms with Gasteiger partial charge in [0.1, 0.15) is 5.82 Å². The van der Waals surface area contributed by atoms with Gasteiger partial charge >= 0.3 is 0 Å². The first-order valence-electron chi connectivity index (χ1n) is 9.82. The van der Waals surface area contributed by atoms with Gasteiger partial charge in [0.25, 0.3) is 0 Å². The first kappa shape index (κ1) is 21.5. The zero-order chi connectivity index (χ0) is 20.3. The molecule has 0 aromatic heterocycles. The largest absolute Gasteiger partial charge is 0.339 e. The van der Waals surface area contributed by atoms with E-state index in [2.05, 4.69) is 11.8 Å². The zero-order valence-electron chi connectivity index (χ0n) is 16.1. The van der Waals surface area contributed by atoms with Crippen LogP contribution < -0.4 is 0 Å². The number of carbonyl (C=O) groups excluding carboxylic acids is 1. The average molecular weight is 432 g/mol. The van der Waals surface area contributed by atoms with E-state index in [4.69, 9.17) is 11.6 Å². The van der Waals surface area contributed by atoms with Crippen molar-refractivity contribution in [1.82, 2.24) is 14.1 Å². The van der Waals surface area contributed by atoms with Crippen LogP contribution in [0.4, 0.5) is 4.39 Å². The van der Waals surface area contributed by atoms with Gasteiger partial charge in [-0.2, -0.15) is 4.31 Å². The van der Waals surface area contributed by atoms with Gasteiger partial charge in [0, 0.05) is 26.2 Å². The normalized spacial score (nSPS) is 22.4. The Bertz CT molecular complexity index is 811. The fourth-order valence-corrected chi connectivity index (χ4v) is 5.67. The number of hydrogen-bond acceptors (Lipinski definition) is 4. The molecular weight excluding hydrogens is 405 g/mol. The maximum atomic E-state index is 13.3. The van der Waals surface area contributed by atoms with Crippen LogP contribution in [0.2, 0.25) is 5.02 Å². The second kappa shape index (κ2) is 9.07. The van der Waals surface area contributed by atoms with E-state index in [1.54, 1.807) is 4.90 Å². The number of piperazine rings is 1. The van der Waals surface area contributed by atoms with E-state index in [0.717, 1.165) is 50.9 Å². The van der Waals surface area contributed by atoms with Crippen molar-refractivity contribution in [1.29, 1.82) is 0 Å². The third kappa shape index (κ3) is 4.50. The molecule has 2 aliphatic rings.